The zero-order valence-corrected chi connectivity index (χ0v) is 17.4. The molecule has 1 heterocycles. The number of aromatic amines is 1. The van der Waals surface area contributed by atoms with Gasteiger partial charge in [-0.2, -0.15) is 0 Å². The number of urea groups is 1. The lowest BCUT2D eigenvalue weighted by molar-refractivity contribution is 0.0997. The second kappa shape index (κ2) is 8.36. The Balaban J connectivity index is 1.51. The van der Waals surface area contributed by atoms with Crippen LogP contribution in [0.1, 0.15) is 35.8 Å². The van der Waals surface area contributed by atoms with Crippen molar-refractivity contribution in [1.82, 2.24) is 4.98 Å². The molecule has 4 aromatic rings. The Labute approximate surface area is 180 Å². The van der Waals surface area contributed by atoms with E-state index in [-0.39, 0.29) is 6.03 Å². The highest BCUT2D eigenvalue weighted by atomic mass is 16.2. The van der Waals surface area contributed by atoms with E-state index in [0.29, 0.717) is 17.3 Å². The predicted molar refractivity (Wildman–Crippen MR) is 125 cm³/mol. The van der Waals surface area contributed by atoms with Crippen LogP contribution in [0, 0.1) is 0 Å². The molecule has 0 aliphatic rings. The van der Waals surface area contributed by atoms with Crippen LogP contribution in [-0.4, -0.2) is 16.9 Å². The molecule has 6 heteroatoms. The lowest BCUT2D eigenvalue weighted by Gasteiger charge is -2.10. The van der Waals surface area contributed by atoms with Crippen LogP contribution < -0.4 is 16.4 Å². The minimum Gasteiger partial charge on any atom is -0.364 e. The Hall–Kier alpha value is -4.06. The van der Waals surface area contributed by atoms with E-state index in [2.05, 4.69) is 29.5 Å². The van der Waals surface area contributed by atoms with E-state index in [9.17, 15) is 9.59 Å². The van der Waals surface area contributed by atoms with Crippen LogP contribution in [0.3, 0.4) is 0 Å². The molecular weight excluding hydrogens is 388 g/mol. The number of para-hydroxylation sites is 1. The topological polar surface area (TPSA) is 100 Å². The normalized spacial score (nSPS) is 10.9. The molecule has 6 nitrogen and oxygen atoms in total. The lowest BCUT2D eigenvalue weighted by Crippen LogP contribution is -2.19. The molecule has 0 atom stereocenters. The molecule has 0 saturated carbocycles. The monoisotopic (exact) mass is 412 g/mol. The highest BCUT2D eigenvalue weighted by Crippen LogP contribution is 2.33. The van der Waals surface area contributed by atoms with Crippen molar-refractivity contribution in [3.8, 4) is 11.1 Å². The van der Waals surface area contributed by atoms with E-state index < -0.39 is 5.91 Å². The Morgan fingerprint density at radius 1 is 0.839 bits per heavy atom. The first-order valence-electron chi connectivity index (χ1n) is 10.1. The van der Waals surface area contributed by atoms with Crippen LogP contribution in [0.15, 0.2) is 72.8 Å². The van der Waals surface area contributed by atoms with Crippen molar-refractivity contribution in [3.05, 3.63) is 84.1 Å². The van der Waals surface area contributed by atoms with Gasteiger partial charge < -0.3 is 21.4 Å². The van der Waals surface area contributed by atoms with Gasteiger partial charge in [-0.1, -0.05) is 56.3 Å². The second-order valence-electron chi connectivity index (χ2n) is 7.72. The summed E-state index contributed by atoms with van der Waals surface area (Å²) < 4.78 is 0. The third-order valence-corrected chi connectivity index (χ3v) is 5.22. The Morgan fingerprint density at radius 2 is 1.42 bits per heavy atom. The lowest BCUT2D eigenvalue weighted by atomic mass is 10.0. The zero-order valence-electron chi connectivity index (χ0n) is 17.4. The molecule has 31 heavy (non-hydrogen) atoms. The van der Waals surface area contributed by atoms with E-state index >= 15 is 0 Å². The van der Waals surface area contributed by atoms with Crippen LogP contribution in [0.25, 0.3) is 22.0 Å². The number of hydrogen-bond donors (Lipinski definition) is 4. The van der Waals surface area contributed by atoms with Gasteiger partial charge in [0.2, 0.25) is 0 Å². The minimum atomic E-state index is -0.517. The fourth-order valence-corrected chi connectivity index (χ4v) is 3.59. The van der Waals surface area contributed by atoms with Gasteiger partial charge in [-0.05, 0) is 47.4 Å². The van der Waals surface area contributed by atoms with Crippen LogP contribution in [0.4, 0.5) is 16.2 Å². The molecule has 0 bridgehead atoms. The van der Waals surface area contributed by atoms with Gasteiger partial charge in [-0.3, -0.25) is 4.79 Å². The number of carbonyl (C=O) groups is 2. The smallest absolute Gasteiger partial charge is 0.323 e. The molecule has 3 aromatic carbocycles. The van der Waals surface area contributed by atoms with Crippen molar-refractivity contribution in [3.63, 3.8) is 0 Å². The number of amides is 3. The average Bonchev–Trinajstić information content (AvgIpc) is 3.15. The number of carbonyl (C=O) groups excluding carboxylic acids is 2. The molecule has 4 rings (SSSR count). The number of hydrogen-bond acceptors (Lipinski definition) is 2. The van der Waals surface area contributed by atoms with Crippen LogP contribution in [0.5, 0.6) is 0 Å². The molecule has 0 unspecified atom stereocenters. The summed E-state index contributed by atoms with van der Waals surface area (Å²) in [5.41, 5.74) is 11.0. The average molecular weight is 412 g/mol. The van der Waals surface area contributed by atoms with Gasteiger partial charge in [-0.15, -0.1) is 0 Å². The maximum Gasteiger partial charge on any atom is 0.323 e. The number of rotatable bonds is 5. The standard InChI is InChI=1S/C25H24N4O2/c1-15(2)16-7-11-18(12-8-16)27-25(31)28-19-13-9-17(10-14-19)22-20-5-3-4-6-21(20)29-23(22)24(26)30/h3-15,29H,1-2H3,(H2,26,30)(H2,27,28,31). The fraction of sp³-hybridized carbons (Fsp3) is 0.120. The van der Waals surface area contributed by atoms with Gasteiger partial charge in [0.1, 0.15) is 5.69 Å². The quantitative estimate of drug-likeness (QED) is 0.338. The largest absolute Gasteiger partial charge is 0.364 e. The second-order valence-corrected chi connectivity index (χ2v) is 7.72. The molecule has 0 radical (unpaired) electrons. The van der Waals surface area contributed by atoms with E-state index in [0.717, 1.165) is 27.7 Å². The summed E-state index contributed by atoms with van der Waals surface area (Å²) in [6.45, 7) is 4.25. The first kappa shape index (κ1) is 20.2. The summed E-state index contributed by atoms with van der Waals surface area (Å²) in [4.78, 5) is 27.4. The third-order valence-electron chi connectivity index (χ3n) is 5.22. The zero-order chi connectivity index (χ0) is 22.0. The Bertz CT molecular complexity index is 1240. The van der Waals surface area contributed by atoms with Gasteiger partial charge in [0.25, 0.3) is 5.91 Å². The molecule has 5 N–H and O–H groups in total. The number of aromatic nitrogens is 1. The minimum absolute atomic E-state index is 0.324. The summed E-state index contributed by atoms with van der Waals surface area (Å²) in [6, 6.07) is 22.4. The third kappa shape index (κ3) is 4.28. The van der Waals surface area contributed by atoms with E-state index in [1.807, 2.05) is 60.7 Å². The van der Waals surface area contributed by atoms with Crippen LogP contribution in [0.2, 0.25) is 0 Å². The predicted octanol–water partition coefficient (Wildman–Crippen LogP) is 5.70. The molecule has 0 saturated heterocycles. The van der Waals surface area contributed by atoms with E-state index in [1.54, 1.807) is 12.1 Å². The van der Waals surface area contributed by atoms with Gasteiger partial charge in [-0.25, -0.2) is 4.79 Å². The molecule has 0 spiro atoms. The molecule has 156 valence electrons. The molecule has 0 aliphatic heterocycles. The maximum atomic E-state index is 12.3. The molecule has 0 aliphatic carbocycles. The maximum absolute atomic E-state index is 12.3. The molecule has 1 aromatic heterocycles. The summed E-state index contributed by atoms with van der Waals surface area (Å²) in [7, 11) is 0. The SMILES string of the molecule is CC(C)c1ccc(NC(=O)Nc2ccc(-c3c(C(N)=O)[nH]c4ccccc34)cc2)cc1. The van der Waals surface area contributed by atoms with Gasteiger partial charge in [0.05, 0.1) is 0 Å². The highest BCUT2D eigenvalue weighted by Gasteiger charge is 2.17. The van der Waals surface area contributed by atoms with Crippen LogP contribution >= 0.6 is 0 Å². The van der Waals surface area contributed by atoms with Crippen molar-refractivity contribution >= 4 is 34.2 Å². The number of primary amides is 1. The first-order chi connectivity index (χ1) is 14.9. The summed E-state index contributed by atoms with van der Waals surface area (Å²) >= 11 is 0. The van der Waals surface area contributed by atoms with Crippen molar-refractivity contribution in [1.29, 1.82) is 0 Å². The highest BCUT2D eigenvalue weighted by molar-refractivity contribution is 6.09. The van der Waals surface area contributed by atoms with Gasteiger partial charge in [0.15, 0.2) is 0 Å². The van der Waals surface area contributed by atoms with Crippen molar-refractivity contribution < 1.29 is 9.59 Å². The molecule has 3 amide bonds. The van der Waals surface area contributed by atoms with Gasteiger partial charge >= 0.3 is 6.03 Å². The number of fused-ring (bicyclic) bond motifs is 1. The van der Waals surface area contributed by atoms with Gasteiger partial charge in [0, 0.05) is 27.8 Å². The molecule has 0 fully saturated rings. The van der Waals surface area contributed by atoms with Crippen molar-refractivity contribution in [2.24, 2.45) is 5.73 Å². The number of nitrogens with one attached hydrogen (secondary N) is 3. The molecular formula is C25H24N4O2. The van der Waals surface area contributed by atoms with Crippen molar-refractivity contribution in [2.75, 3.05) is 10.6 Å². The van der Waals surface area contributed by atoms with Crippen LogP contribution in [-0.2, 0) is 0 Å². The van der Waals surface area contributed by atoms with Crippen molar-refractivity contribution in [2.45, 2.75) is 19.8 Å². The summed E-state index contributed by atoms with van der Waals surface area (Å²) in [5, 5.41) is 6.57. The fourth-order valence-electron chi connectivity index (χ4n) is 3.59. The summed E-state index contributed by atoms with van der Waals surface area (Å²) in [6.07, 6.45) is 0. The summed E-state index contributed by atoms with van der Waals surface area (Å²) in [5.74, 6) is -0.0788. The van der Waals surface area contributed by atoms with E-state index in [1.165, 1.54) is 5.56 Å². The number of anilines is 2. The number of benzene rings is 3. The Morgan fingerprint density at radius 3 is 2.00 bits per heavy atom. The number of H-pyrrole nitrogens is 1. The Kier molecular flexibility index (Phi) is 5.45. The number of nitrogens with two attached hydrogens (primary N) is 1. The first-order valence-corrected chi connectivity index (χ1v) is 10.1. The van der Waals surface area contributed by atoms with E-state index in [4.69, 9.17) is 5.73 Å².